The first kappa shape index (κ1) is 17.0. The SMILES string of the molecule is CN(CC(C)(C)CNC(C)(C)C)C1CCCCCC1. The molecule has 0 amide bonds. The molecular weight excluding hydrogens is 232 g/mol. The highest BCUT2D eigenvalue weighted by Gasteiger charge is 2.26. The monoisotopic (exact) mass is 268 g/mol. The van der Waals surface area contributed by atoms with Gasteiger partial charge in [-0.15, -0.1) is 0 Å². The Bertz CT molecular complexity index is 244. The summed E-state index contributed by atoms with van der Waals surface area (Å²) < 4.78 is 0. The van der Waals surface area contributed by atoms with Crippen LogP contribution < -0.4 is 5.32 Å². The van der Waals surface area contributed by atoms with Crippen LogP contribution in [-0.2, 0) is 0 Å². The van der Waals surface area contributed by atoms with Crippen molar-refractivity contribution in [1.29, 1.82) is 0 Å². The molecule has 1 fully saturated rings. The highest BCUT2D eigenvalue weighted by Crippen LogP contribution is 2.24. The average molecular weight is 268 g/mol. The molecule has 114 valence electrons. The van der Waals surface area contributed by atoms with Crippen LogP contribution in [0.25, 0.3) is 0 Å². The van der Waals surface area contributed by atoms with Crippen molar-refractivity contribution in [2.24, 2.45) is 5.41 Å². The molecule has 0 heterocycles. The summed E-state index contributed by atoms with van der Waals surface area (Å²) in [6.07, 6.45) is 8.54. The van der Waals surface area contributed by atoms with Crippen molar-refractivity contribution in [3.8, 4) is 0 Å². The minimum absolute atomic E-state index is 0.220. The van der Waals surface area contributed by atoms with Crippen molar-refractivity contribution in [2.75, 3.05) is 20.1 Å². The zero-order valence-corrected chi connectivity index (χ0v) is 14.2. The molecule has 19 heavy (non-hydrogen) atoms. The zero-order chi connectivity index (χ0) is 14.5. The van der Waals surface area contributed by atoms with E-state index >= 15 is 0 Å². The summed E-state index contributed by atoms with van der Waals surface area (Å²) in [6.45, 7) is 13.8. The number of nitrogens with one attached hydrogen (secondary N) is 1. The third-order valence-corrected chi connectivity index (χ3v) is 4.22. The van der Waals surface area contributed by atoms with E-state index < -0.39 is 0 Å². The average Bonchev–Trinajstić information content (AvgIpc) is 2.53. The second-order valence-electron chi connectivity index (χ2n) is 8.33. The van der Waals surface area contributed by atoms with Crippen LogP contribution in [0.1, 0.15) is 73.1 Å². The third-order valence-electron chi connectivity index (χ3n) is 4.22. The zero-order valence-electron chi connectivity index (χ0n) is 14.2. The predicted octanol–water partition coefficient (Wildman–Crippen LogP) is 4.06. The molecule has 2 heteroatoms. The van der Waals surface area contributed by atoms with Crippen LogP contribution >= 0.6 is 0 Å². The largest absolute Gasteiger partial charge is 0.311 e. The van der Waals surface area contributed by atoms with E-state index in [2.05, 4.69) is 51.9 Å². The second-order valence-corrected chi connectivity index (χ2v) is 8.33. The summed E-state index contributed by atoms with van der Waals surface area (Å²) in [6, 6.07) is 0.816. The summed E-state index contributed by atoms with van der Waals surface area (Å²) in [4.78, 5) is 2.62. The van der Waals surface area contributed by atoms with Crippen LogP contribution in [0, 0.1) is 5.41 Å². The third kappa shape index (κ3) is 7.31. The lowest BCUT2D eigenvalue weighted by Crippen LogP contribution is -2.47. The first-order valence-corrected chi connectivity index (χ1v) is 8.15. The summed E-state index contributed by atoms with van der Waals surface area (Å²) in [5.74, 6) is 0. The Kier molecular flexibility index (Phi) is 6.32. The van der Waals surface area contributed by atoms with Gasteiger partial charge in [-0.05, 0) is 46.1 Å². The van der Waals surface area contributed by atoms with Crippen molar-refractivity contribution < 1.29 is 0 Å². The molecule has 0 unspecified atom stereocenters. The minimum atomic E-state index is 0.220. The van der Waals surface area contributed by atoms with E-state index in [1.165, 1.54) is 45.1 Å². The van der Waals surface area contributed by atoms with Crippen LogP contribution in [0.5, 0.6) is 0 Å². The van der Waals surface area contributed by atoms with Crippen LogP contribution in [0.4, 0.5) is 0 Å². The maximum Gasteiger partial charge on any atom is 0.00967 e. The normalized spacial score (nSPS) is 19.7. The van der Waals surface area contributed by atoms with Gasteiger partial charge in [-0.3, -0.25) is 0 Å². The molecule has 0 aromatic rings. The molecule has 1 rings (SSSR count). The van der Waals surface area contributed by atoms with E-state index in [1.807, 2.05) is 0 Å². The molecule has 0 aliphatic heterocycles. The van der Waals surface area contributed by atoms with Gasteiger partial charge in [0.1, 0.15) is 0 Å². The van der Waals surface area contributed by atoms with Crippen molar-refractivity contribution in [3.05, 3.63) is 0 Å². The molecule has 2 nitrogen and oxygen atoms in total. The number of hydrogen-bond donors (Lipinski definition) is 1. The molecule has 0 spiro atoms. The van der Waals surface area contributed by atoms with E-state index in [0.717, 1.165) is 12.6 Å². The van der Waals surface area contributed by atoms with Gasteiger partial charge in [-0.25, -0.2) is 0 Å². The van der Waals surface area contributed by atoms with Crippen LogP contribution in [0.2, 0.25) is 0 Å². The highest BCUT2D eigenvalue weighted by atomic mass is 15.1. The maximum atomic E-state index is 3.66. The van der Waals surface area contributed by atoms with E-state index in [1.54, 1.807) is 0 Å². The fourth-order valence-corrected chi connectivity index (χ4v) is 3.06. The Morgan fingerprint density at radius 1 is 0.947 bits per heavy atom. The van der Waals surface area contributed by atoms with Crippen molar-refractivity contribution in [3.63, 3.8) is 0 Å². The van der Waals surface area contributed by atoms with Crippen molar-refractivity contribution in [1.82, 2.24) is 10.2 Å². The fourth-order valence-electron chi connectivity index (χ4n) is 3.06. The number of hydrogen-bond acceptors (Lipinski definition) is 2. The summed E-state index contributed by atoms with van der Waals surface area (Å²) >= 11 is 0. The summed E-state index contributed by atoms with van der Waals surface area (Å²) in [7, 11) is 2.33. The Labute approximate surface area is 121 Å². The van der Waals surface area contributed by atoms with Gasteiger partial charge < -0.3 is 10.2 Å². The summed E-state index contributed by atoms with van der Waals surface area (Å²) in [5.41, 5.74) is 0.562. The molecule has 0 radical (unpaired) electrons. The minimum Gasteiger partial charge on any atom is -0.311 e. The molecule has 0 aromatic carbocycles. The van der Waals surface area contributed by atoms with Crippen molar-refractivity contribution >= 4 is 0 Å². The van der Waals surface area contributed by atoms with Gasteiger partial charge in [0.15, 0.2) is 0 Å². The van der Waals surface area contributed by atoms with Gasteiger partial charge in [0.05, 0.1) is 0 Å². The standard InChI is InChI=1S/C17H36N2/c1-16(2,3)18-13-17(4,5)14-19(6)15-11-9-7-8-10-12-15/h15,18H,7-14H2,1-6H3. The lowest BCUT2D eigenvalue weighted by atomic mass is 9.90. The second kappa shape index (κ2) is 7.08. The van der Waals surface area contributed by atoms with E-state index in [9.17, 15) is 0 Å². The molecule has 0 atom stereocenters. The highest BCUT2D eigenvalue weighted by molar-refractivity contribution is 4.82. The maximum absolute atomic E-state index is 3.66. The van der Waals surface area contributed by atoms with Gasteiger partial charge >= 0.3 is 0 Å². The molecule has 1 saturated carbocycles. The number of nitrogens with zero attached hydrogens (tertiary/aromatic N) is 1. The predicted molar refractivity (Wildman–Crippen MR) is 85.7 cm³/mol. The van der Waals surface area contributed by atoms with Gasteiger partial charge in [0, 0.05) is 24.7 Å². The van der Waals surface area contributed by atoms with Gasteiger partial charge in [0.25, 0.3) is 0 Å². The Balaban J connectivity index is 2.42. The molecule has 1 aliphatic rings. The number of rotatable bonds is 5. The van der Waals surface area contributed by atoms with E-state index in [0.29, 0.717) is 5.41 Å². The fraction of sp³-hybridized carbons (Fsp3) is 1.00. The smallest absolute Gasteiger partial charge is 0.00967 e. The van der Waals surface area contributed by atoms with E-state index in [4.69, 9.17) is 0 Å². The molecular formula is C17H36N2. The Morgan fingerprint density at radius 2 is 1.47 bits per heavy atom. The first-order chi connectivity index (χ1) is 8.70. The van der Waals surface area contributed by atoms with Crippen molar-refractivity contribution in [2.45, 2.75) is 84.7 Å². The quantitative estimate of drug-likeness (QED) is 0.757. The lowest BCUT2D eigenvalue weighted by Gasteiger charge is -2.37. The topological polar surface area (TPSA) is 15.3 Å². The van der Waals surface area contributed by atoms with Crippen LogP contribution in [-0.4, -0.2) is 36.6 Å². The van der Waals surface area contributed by atoms with Crippen LogP contribution in [0.3, 0.4) is 0 Å². The first-order valence-electron chi connectivity index (χ1n) is 8.15. The molecule has 0 bridgehead atoms. The van der Waals surface area contributed by atoms with Gasteiger partial charge in [0.2, 0.25) is 0 Å². The van der Waals surface area contributed by atoms with Gasteiger partial charge in [-0.2, -0.15) is 0 Å². The molecule has 1 aliphatic carbocycles. The summed E-state index contributed by atoms with van der Waals surface area (Å²) in [5, 5.41) is 3.66. The lowest BCUT2D eigenvalue weighted by molar-refractivity contribution is 0.140. The van der Waals surface area contributed by atoms with E-state index in [-0.39, 0.29) is 5.54 Å². The van der Waals surface area contributed by atoms with Crippen LogP contribution in [0.15, 0.2) is 0 Å². The Hall–Kier alpha value is -0.0800. The molecule has 0 aromatic heterocycles. The molecule has 1 N–H and O–H groups in total. The molecule has 0 saturated heterocycles. The Morgan fingerprint density at radius 3 is 1.95 bits per heavy atom. The van der Waals surface area contributed by atoms with Gasteiger partial charge in [-0.1, -0.05) is 39.5 Å².